The number of hydrogen-bond acceptors (Lipinski definition) is 7. The lowest BCUT2D eigenvalue weighted by Gasteiger charge is -2.15. The normalized spacial score (nSPS) is 11.0. The van der Waals surface area contributed by atoms with E-state index in [9.17, 15) is 14.4 Å². The summed E-state index contributed by atoms with van der Waals surface area (Å²) in [4.78, 5) is 40.3. The zero-order valence-corrected chi connectivity index (χ0v) is 14.0. The van der Waals surface area contributed by atoms with Gasteiger partial charge in [-0.05, 0) is 12.5 Å². The summed E-state index contributed by atoms with van der Waals surface area (Å²) < 4.78 is 17.2. The number of hydrogen-bond donors (Lipinski definition) is 0. The molecule has 0 atom stereocenters. The molecule has 2 rings (SSSR count). The van der Waals surface area contributed by atoms with Crippen molar-refractivity contribution in [3.8, 4) is 0 Å². The first-order valence-corrected chi connectivity index (χ1v) is 7.15. The lowest BCUT2D eigenvalue weighted by Crippen LogP contribution is -2.41. The molecule has 2 heterocycles. The molecule has 0 spiro atoms. The van der Waals surface area contributed by atoms with Gasteiger partial charge in [0.2, 0.25) is 0 Å². The lowest BCUT2D eigenvalue weighted by molar-refractivity contribution is -0.142. The quantitative estimate of drug-likeness (QED) is 0.691. The summed E-state index contributed by atoms with van der Waals surface area (Å²) in [6.07, 6.45) is 1.48. The van der Waals surface area contributed by atoms with Crippen molar-refractivity contribution in [2.75, 3.05) is 14.2 Å². The molecule has 0 N–H and O–H groups in total. The molecule has 0 aliphatic carbocycles. The number of aryl methyl sites for hydroxylation is 1. The second-order valence-corrected chi connectivity index (χ2v) is 5.17. The molecular weight excluding hydrogens is 318 g/mol. The minimum Gasteiger partial charge on any atom is -0.461 e. The van der Waals surface area contributed by atoms with E-state index in [2.05, 4.69) is 4.98 Å². The Bertz CT molecular complexity index is 883. The zero-order valence-electron chi connectivity index (χ0n) is 14.0. The summed E-state index contributed by atoms with van der Waals surface area (Å²) >= 11 is 0. The Labute approximate surface area is 137 Å². The Morgan fingerprint density at radius 1 is 1.17 bits per heavy atom. The van der Waals surface area contributed by atoms with Crippen molar-refractivity contribution in [3.05, 3.63) is 38.2 Å². The fourth-order valence-electron chi connectivity index (χ4n) is 2.36. The maximum absolute atomic E-state index is 12.7. The summed E-state index contributed by atoms with van der Waals surface area (Å²) in [6.45, 7) is 2.76. The fraction of sp³-hybridized carbons (Fsp3) is 0.467. The average molecular weight is 337 g/mol. The van der Waals surface area contributed by atoms with E-state index in [1.54, 1.807) is 6.92 Å². The molecule has 9 heteroatoms. The molecule has 0 saturated carbocycles. The zero-order chi connectivity index (χ0) is 17.9. The number of esters is 1. The van der Waals surface area contributed by atoms with Gasteiger partial charge < -0.3 is 14.2 Å². The number of aromatic nitrogens is 3. The van der Waals surface area contributed by atoms with E-state index >= 15 is 0 Å². The maximum Gasteiger partial charge on any atom is 0.336 e. The summed E-state index contributed by atoms with van der Waals surface area (Å²) in [5, 5.41) is 0.258. The summed E-state index contributed by atoms with van der Waals surface area (Å²) in [6, 6.07) is 0. The average Bonchev–Trinajstić information content (AvgIpc) is 2.54. The molecule has 130 valence electrons. The minimum atomic E-state index is -0.573. The number of pyridine rings is 1. The van der Waals surface area contributed by atoms with Crippen LogP contribution in [0, 0.1) is 6.92 Å². The third-order valence-electron chi connectivity index (χ3n) is 3.55. The van der Waals surface area contributed by atoms with E-state index in [0.29, 0.717) is 11.1 Å². The monoisotopic (exact) mass is 337 g/mol. The van der Waals surface area contributed by atoms with Gasteiger partial charge in [-0.3, -0.25) is 14.2 Å². The van der Waals surface area contributed by atoms with Gasteiger partial charge in [0.05, 0.1) is 5.39 Å². The SMILES string of the molecule is COCn1c(=O)c2c(C)c(COC(C)=O)cnc2n(COC)c1=O. The standard InChI is InChI=1S/C15H19N3O6/c1-9-11(6-24-10(2)19)5-16-13-12(9)14(20)18(8-23-4)15(21)17(13)7-22-3/h5H,6-8H2,1-4H3. The number of fused-ring (bicyclic) bond motifs is 1. The third-order valence-corrected chi connectivity index (χ3v) is 3.55. The number of ether oxygens (including phenoxy) is 3. The van der Waals surface area contributed by atoms with Crippen molar-refractivity contribution in [1.29, 1.82) is 0 Å². The van der Waals surface area contributed by atoms with Crippen LogP contribution >= 0.6 is 0 Å². The Morgan fingerprint density at radius 3 is 2.38 bits per heavy atom. The topological polar surface area (TPSA) is 102 Å². The molecule has 0 bridgehead atoms. The van der Waals surface area contributed by atoms with Crippen molar-refractivity contribution < 1.29 is 19.0 Å². The molecule has 0 unspecified atom stereocenters. The molecular formula is C15H19N3O6. The highest BCUT2D eigenvalue weighted by molar-refractivity contribution is 5.79. The molecule has 0 aliphatic heterocycles. The smallest absolute Gasteiger partial charge is 0.336 e. The first-order chi connectivity index (χ1) is 11.4. The number of nitrogens with zero attached hydrogens (tertiary/aromatic N) is 3. The van der Waals surface area contributed by atoms with Crippen LogP contribution in [0.3, 0.4) is 0 Å². The molecule has 0 aromatic carbocycles. The van der Waals surface area contributed by atoms with E-state index < -0.39 is 17.2 Å². The van der Waals surface area contributed by atoms with Gasteiger partial charge in [0.15, 0.2) is 5.65 Å². The van der Waals surface area contributed by atoms with Gasteiger partial charge in [0, 0.05) is 32.9 Å². The first-order valence-electron chi connectivity index (χ1n) is 7.15. The molecule has 0 amide bonds. The van der Waals surface area contributed by atoms with Gasteiger partial charge in [-0.1, -0.05) is 0 Å². The van der Waals surface area contributed by atoms with Crippen molar-refractivity contribution in [1.82, 2.24) is 14.1 Å². The van der Waals surface area contributed by atoms with Gasteiger partial charge in [-0.25, -0.2) is 14.3 Å². The van der Waals surface area contributed by atoms with Gasteiger partial charge in [0.1, 0.15) is 20.1 Å². The molecule has 0 saturated heterocycles. The van der Waals surface area contributed by atoms with Crippen molar-refractivity contribution in [3.63, 3.8) is 0 Å². The van der Waals surface area contributed by atoms with Crippen LogP contribution < -0.4 is 11.2 Å². The highest BCUT2D eigenvalue weighted by Gasteiger charge is 2.18. The fourth-order valence-corrected chi connectivity index (χ4v) is 2.36. The maximum atomic E-state index is 12.7. The Balaban J connectivity index is 2.79. The first kappa shape index (κ1) is 17.8. The predicted octanol–water partition coefficient (Wildman–Crippen LogP) is 0.138. The van der Waals surface area contributed by atoms with E-state index in [1.165, 1.54) is 31.9 Å². The van der Waals surface area contributed by atoms with Crippen LogP contribution in [0.15, 0.2) is 15.8 Å². The Kier molecular flexibility index (Phi) is 5.47. The number of methoxy groups -OCH3 is 2. The summed E-state index contributed by atoms with van der Waals surface area (Å²) in [5.74, 6) is -0.435. The van der Waals surface area contributed by atoms with Gasteiger partial charge in [-0.2, -0.15) is 0 Å². The molecule has 0 radical (unpaired) electrons. The van der Waals surface area contributed by atoms with E-state index in [1.807, 2.05) is 0 Å². The Morgan fingerprint density at radius 2 is 1.79 bits per heavy atom. The molecule has 2 aromatic rings. The van der Waals surface area contributed by atoms with Crippen LogP contribution in [0.4, 0.5) is 0 Å². The predicted molar refractivity (Wildman–Crippen MR) is 84.5 cm³/mol. The van der Waals surface area contributed by atoms with E-state index in [4.69, 9.17) is 14.2 Å². The molecule has 2 aromatic heterocycles. The van der Waals surface area contributed by atoms with Crippen LogP contribution in [-0.2, 0) is 39.1 Å². The second-order valence-electron chi connectivity index (χ2n) is 5.17. The number of rotatable bonds is 6. The molecule has 0 aliphatic rings. The van der Waals surface area contributed by atoms with Gasteiger partial charge in [0.25, 0.3) is 5.56 Å². The van der Waals surface area contributed by atoms with Crippen LogP contribution in [-0.4, -0.2) is 34.3 Å². The van der Waals surface area contributed by atoms with Gasteiger partial charge >= 0.3 is 11.7 Å². The number of carbonyl (C=O) groups excluding carboxylic acids is 1. The van der Waals surface area contributed by atoms with Crippen molar-refractivity contribution in [2.24, 2.45) is 0 Å². The van der Waals surface area contributed by atoms with Crippen LogP contribution in [0.2, 0.25) is 0 Å². The van der Waals surface area contributed by atoms with Crippen molar-refractivity contribution >= 4 is 17.0 Å². The van der Waals surface area contributed by atoms with Crippen LogP contribution in [0.5, 0.6) is 0 Å². The Hall–Kier alpha value is -2.52. The van der Waals surface area contributed by atoms with E-state index in [0.717, 1.165) is 4.57 Å². The lowest BCUT2D eigenvalue weighted by atomic mass is 10.1. The highest BCUT2D eigenvalue weighted by atomic mass is 16.5. The second kappa shape index (κ2) is 7.37. The minimum absolute atomic E-state index is 0.00275. The summed E-state index contributed by atoms with van der Waals surface area (Å²) in [7, 11) is 2.82. The third kappa shape index (κ3) is 3.22. The highest BCUT2D eigenvalue weighted by Crippen LogP contribution is 2.16. The van der Waals surface area contributed by atoms with E-state index in [-0.39, 0.29) is 31.1 Å². The largest absolute Gasteiger partial charge is 0.461 e. The van der Waals surface area contributed by atoms with Gasteiger partial charge in [-0.15, -0.1) is 0 Å². The molecule has 0 fully saturated rings. The van der Waals surface area contributed by atoms with Crippen LogP contribution in [0.25, 0.3) is 11.0 Å². The number of carbonyl (C=O) groups is 1. The summed E-state index contributed by atoms with van der Waals surface area (Å²) in [5.41, 5.74) is 0.292. The van der Waals surface area contributed by atoms with Crippen molar-refractivity contribution in [2.45, 2.75) is 33.9 Å². The molecule has 9 nitrogen and oxygen atoms in total. The molecule has 24 heavy (non-hydrogen) atoms. The van der Waals surface area contributed by atoms with Crippen LogP contribution in [0.1, 0.15) is 18.1 Å².